The summed E-state index contributed by atoms with van der Waals surface area (Å²) in [5, 5.41) is 18.5. The van der Waals surface area contributed by atoms with Crippen LogP contribution < -0.4 is 4.90 Å². The van der Waals surface area contributed by atoms with E-state index in [-0.39, 0.29) is 23.9 Å². The fraction of sp³-hybridized carbons (Fsp3) is 0.636. The number of aromatic carboxylic acids is 1. The van der Waals surface area contributed by atoms with Crippen LogP contribution in [-0.4, -0.2) is 39.4 Å². The normalized spacial score (nSPS) is 31.8. The monoisotopic (exact) mass is 238 g/mol. The zero-order valence-corrected chi connectivity index (χ0v) is 9.24. The van der Waals surface area contributed by atoms with Crippen LogP contribution in [0.3, 0.4) is 0 Å². The molecular formula is C11H14N2O4. The Morgan fingerprint density at radius 2 is 2.06 bits per heavy atom. The molecule has 2 aliphatic heterocycles. The van der Waals surface area contributed by atoms with E-state index in [4.69, 9.17) is 9.52 Å². The van der Waals surface area contributed by atoms with E-state index < -0.39 is 5.97 Å². The molecule has 2 atom stereocenters. The minimum atomic E-state index is -1.08. The van der Waals surface area contributed by atoms with Crippen LogP contribution in [0.4, 0.5) is 6.01 Å². The molecule has 2 unspecified atom stereocenters. The van der Waals surface area contributed by atoms with Crippen LogP contribution in [0.5, 0.6) is 0 Å². The van der Waals surface area contributed by atoms with Crippen molar-refractivity contribution in [3.8, 4) is 0 Å². The summed E-state index contributed by atoms with van der Waals surface area (Å²) in [5.41, 5.74) is -0.0643. The summed E-state index contributed by atoms with van der Waals surface area (Å²) >= 11 is 0. The molecule has 2 fully saturated rings. The Balaban J connectivity index is 1.86. The average molecular weight is 238 g/mol. The molecule has 2 N–H and O–H groups in total. The van der Waals surface area contributed by atoms with Gasteiger partial charge < -0.3 is 19.5 Å². The van der Waals surface area contributed by atoms with Crippen molar-refractivity contribution in [2.75, 3.05) is 4.90 Å². The molecule has 0 aliphatic carbocycles. The van der Waals surface area contributed by atoms with Gasteiger partial charge in [-0.15, -0.1) is 0 Å². The molecule has 3 rings (SSSR count). The highest BCUT2D eigenvalue weighted by Gasteiger charge is 2.42. The van der Waals surface area contributed by atoms with Crippen molar-refractivity contribution < 1.29 is 19.4 Å². The topological polar surface area (TPSA) is 86.8 Å². The van der Waals surface area contributed by atoms with Gasteiger partial charge in [0.2, 0.25) is 0 Å². The van der Waals surface area contributed by atoms with Gasteiger partial charge in [-0.2, -0.15) is 4.98 Å². The predicted octanol–water partition coefficient (Wildman–Crippen LogP) is 0.865. The lowest BCUT2D eigenvalue weighted by Crippen LogP contribution is -2.45. The summed E-state index contributed by atoms with van der Waals surface area (Å²) in [6, 6.07) is 0.829. The number of aliphatic hydroxyl groups excluding tert-OH is 1. The van der Waals surface area contributed by atoms with E-state index in [9.17, 15) is 9.90 Å². The number of nitrogens with zero attached hydrogens (tertiary/aromatic N) is 2. The number of carboxylic acid groups (broad SMARTS) is 1. The van der Waals surface area contributed by atoms with Crippen molar-refractivity contribution in [1.82, 2.24) is 4.98 Å². The van der Waals surface area contributed by atoms with Crippen molar-refractivity contribution >= 4 is 12.0 Å². The van der Waals surface area contributed by atoms with Crippen LogP contribution in [0.25, 0.3) is 0 Å². The van der Waals surface area contributed by atoms with Crippen molar-refractivity contribution in [1.29, 1.82) is 0 Å². The Labute approximate surface area is 97.9 Å². The Hall–Kier alpha value is -1.56. The van der Waals surface area contributed by atoms with E-state index in [0.717, 1.165) is 12.8 Å². The maximum atomic E-state index is 10.7. The van der Waals surface area contributed by atoms with Crippen LogP contribution in [0, 0.1) is 0 Å². The summed E-state index contributed by atoms with van der Waals surface area (Å²) in [7, 11) is 0. The Morgan fingerprint density at radius 1 is 1.41 bits per heavy atom. The molecule has 6 heteroatoms. The van der Waals surface area contributed by atoms with Gasteiger partial charge in [0.15, 0.2) is 5.69 Å². The first-order valence-corrected chi connectivity index (χ1v) is 5.80. The molecular weight excluding hydrogens is 224 g/mol. The number of carbonyl (C=O) groups is 1. The Bertz CT molecular complexity index is 430. The van der Waals surface area contributed by atoms with E-state index in [0.29, 0.717) is 18.9 Å². The van der Waals surface area contributed by atoms with Gasteiger partial charge in [-0.25, -0.2) is 4.79 Å². The Morgan fingerprint density at radius 3 is 2.59 bits per heavy atom. The maximum Gasteiger partial charge on any atom is 0.357 e. The number of aliphatic hydroxyl groups is 1. The van der Waals surface area contributed by atoms with Gasteiger partial charge >= 0.3 is 5.97 Å². The molecule has 0 spiro atoms. The number of carboxylic acids is 1. The van der Waals surface area contributed by atoms with E-state index >= 15 is 0 Å². The number of fused-ring (bicyclic) bond motifs is 2. The smallest absolute Gasteiger partial charge is 0.357 e. The van der Waals surface area contributed by atoms with E-state index in [2.05, 4.69) is 4.98 Å². The van der Waals surface area contributed by atoms with Crippen LogP contribution in [0.2, 0.25) is 0 Å². The van der Waals surface area contributed by atoms with Gasteiger partial charge in [-0.3, -0.25) is 0 Å². The third kappa shape index (κ3) is 1.68. The molecule has 0 aromatic carbocycles. The number of aromatic nitrogens is 1. The van der Waals surface area contributed by atoms with Gasteiger partial charge in [-0.05, 0) is 25.7 Å². The van der Waals surface area contributed by atoms with Crippen molar-refractivity contribution in [3.05, 3.63) is 12.0 Å². The van der Waals surface area contributed by atoms with Crippen molar-refractivity contribution in [3.63, 3.8) is 0 Å². The molecule has 0 amide bonds. The summed E-state index contributed by atoms with van der Waals surface area (Å²) < 4.78 is 5.23. The van der Waals surface area contributed by atoms with Crippen LogP contribution in [0.1, 0.15) is 36.2 Å². The van der Waals surface area contributed by atoms with Crippen LogP contribution in [0.15, 0.2) is 10.7 Å². The van der Waals surface area contributed by atoms with Gasteiger partial charge in [0, 0.05) is 12.1 Å². The lowest BCUT2D eigenvalue weighted by atomic mass is 10.0. The first-order chi connectivity index (χ1) is 8.15. The first kappa shape index (κ1) is 10.6. The third-order valence-electron chi connectivity index (χ3n) is 3.64. The summed E-state index contributed by atoms with van der Waals surface area (Å²) in [6.07, 6.45) is 4.35. The molecule has 17 heavy (non-hydrogen) atoms. The second kappa shape index (κ2) is 3.73. The number of hydrogen-bond donors (Lipinski definition) is 2. The fourth-order valence-electron chi connectivity index (χ4n) is 2.94. The molecule has 1 aromatic rings. The summed E-state index contributed by atoms with van der Waals surface area (Å²) in [4.78, 5) is 16.8. The molecule has 92 valence electrons. The standard InChI is InChI=1S/C11H14N2O4/c14-8-3-6-1-2-7(4-8)13(6)11-12-9(5-17-11)10(15)16/h5-8,14H,1-4H2,(H,15,16). The lowest BCUT2D eigenvalue weighted by molar-refractivity contribution is 0.0690. The minimum Gasteiger partial charge on any atom is -0.476 e. The zero-order chi connectivity index (χ0) is 12.0. The number of piperidine rings is 1. The second-order valence-electron chi connectivity index (χ2n) is 4.74. The number of rotatable bonds is 2. The largest absolute Gasteiger partial charge is 0.476 e. The van der Waals surface area contributed by atoms with E-state index in [1.54, 1.807) is 0 Å². The fourth-order valence-corrected chi connectivity index (χ4v) is 2.94. The molecule has 6 nitrogen and oxygen atoms in total. The molecule has 2 saturated heterocycles. The van der Waals surface area contributed by atoms with E-state index in [1.165, 1.54) is 6.26 Å². The summed E-state index contributed by atoms with van der Waals surface area (Å²) in [5.74, 6) is -1.08. The summed E-state index contributed by atoms with van der Waals surface area (Å²) in [6.45, 7) is 0. The van der Waals surface area contributed by atoms with Crippen molar-refractivity contribution in [2.24, 2.45) is 0 Å². The van der Waals surface area contributed by atoms with Gasteiger partial charge in [0.1, 0.15) is 6.26 Å². The number of anilines is 1. The predicted molar refractivity (Wildman–Crippen MR) is 58.0 cm³/mol. The quantitative estimate of drug-likeness (QED) is 0.794. The van der Waals surface area contributed by atoms with Crippen LogP contribution in [-0.2, 0) is 0 Å². The minimum absolute atomic E-state index is 0.0643. The highest BCUT2D eigenvalue weighted by molar-refractivity contribution is 5.85. The Kier molecular flexibility index (Phi) is 2.32. The molecule has 2 aliphatic rings. The van der Waals surface area contributed by atoms with Gasteiger partial charge in [-0.1, -0.05) is 0 Å². The zero-order valence-electron chi connectivity index (χ0n) is 9.24. The molecule has 0 radical (unpaired) electrons. The van der Waals surface area contributed by atoms with Gasteiger partial charge in [0.05, 0.1) is 6.10 Å². The highest BCUT2D eigenvalue weighted by Crippen LogP contribution is 2.38. The third-order valence-corrected chi connectivity index (χ3v) is 3.64. The van der Waals surface area contributed by atoms with E-state index in [1.807, 2.05) is 4.90 Å². The highest BCUT2D eigenvalue weighted by atomic mass is 16.4. The SMILES string of the molecule is O=C(O)c1coc(N2C3CCC2CC(O)C3)n1. The van der Waals surface area contributed by atoms with Crippen LogP contribution >= 0.6 is 0 Å². The first-order valence-electron chi connectivity index (χ1n) is 5.80. The molecule has 0 saturated carbocycles. The number of hydrogen-bond acceptors (Lipinski definition) is 5. The molecule has 1 aromatic heterocycles. The maximum absolute atomic E-state index is 10.7. The molecule has 2 bridgehead atoms. The van der Waals surface area contributed by atoms with Gasteiger partial charge in [0.25, 0.3) is 6.01 Å². The lowest BCUT2D eigenvalue weighted by Gasteiger charge is -2.35. The van der Waals surface area contributed by atoms with Crippen molar-refractivity contribution in [2.45, 2.75) is 43.9 Å². The average Bonchev–Trinajstić information content (AvgIpc) is 2.82. The number of oxazole rings is 1. The molecule has 3 heterocycles. The second-order valence-corrected chi connectivity index (χ2v) is 4.74.